The monoisotopic (exact) mass is 253 g/mol. The first kappa shape index (κ1) is 12.4. The molecule has 0 aromatic heterocycles. The van der Waals surface area contributed by atoms with Gasteiger partial charge in [0.05, 0.1) is 0 Å². The molecule has 1 fully saturated rings. The number of hydrogen-bond donors (Lipinski definition) is 1. The molecule has 0 saturated carbocycles. The van der Waals surface area contributed by atoms with Crippen molar-refractivity contribution < 1.29 is 9.90 Å². The van der Waals surface area contributed by atoms with Crippen LogP contribution >= 0.6 is 11.6 Å². The second-order valence-corrected chi connectivity index (χ2v) is 4.78. The van der Waals surface area contributed by atoms with E-state index in [0.717, 1.165) is 25.9 Å². The van der Waals surface area contributed by atoms with Crippen molar-refractivity contribution in [1.82, 2.24) is 4.90 Å². The fourth-order valence-electron chi connectivity index (χ4n) is 2.07. The van der Waals surface area contributed by atoms with E-state index in [-0.39, 0.29) is 5.91 Å². The van der Waals surface area contributed by atoms with Crippen LogP contribution in [0.5, 0.6) is 0 Å². The van der Waals surface area contributed by atoms with Gasteiger partial charge < -0.3 is 10.0 Å². The van der Waals surface area contributed by atoms with E-state index in [1.165, 1.54) is 6.42 Å². The number of amides is 1. The molecule has 92 valence electrons. The molecule has 4 heteroatoms. The molecule has 0 aliphatic carbocycles. The van der Waals surface area contributed by atoms with E-state index >= 15 is 0 Å². The highest BCUT2D eigenvalue weighted by molar-refractivity contribution is 6.30. The lowest BCUT2D eigenvalue weighted by Gasteiger charge is -2.28. The van der Waals surface area contributed by atoms with E-state index in [4.69, 9.17) is 11.6 Å². The van der Waals surface area contributed by atoms with Crippen LogP contribution < -0.4 is 0 Å². The summed E-state index contributed by atoms with van der Waals surface area (Å²) < 4.78 is 0. The Morgan fingerprint density at radius 3 is 2.35 bits per heavy atom. The Kier molecular flexibility index (Phi) is 4.02. The second kappa shape index (κ2) is 5.52. The molecule has 1 aromatic rings. The van der Waals surface area contributed by atoms with Gasteiger partial charge in [0, 0.05) is 18.1 Å². The van der Waals surface area contributed by atoms with Gasteiger partial charge in [0.15, 0.2) is 6.10 Å². The molecule has 17 heavy (non-hydrogen) atoms. The van der Waals surface area contributed by atoms with E-state index in [1.807, 2.05) is 0 Å². The number of halogens is 1. The molecule has 1 aromatic carbocycles. The van der Waals surface area contributed by atoms with Gasteiger partial charge in [-0.15, -0.1) is 0 Å². The Bertz CT molecular complexity index is 385. The first-order valence-corrected chi connectivity index (χ1v) is 6.28. The molecule has 2 rings (SSSR count). The molecule has 1 unspecified atom stereocenters. The van der Waals surface area contributed by atoms with Crippen LogP contribution in [0, 0.1) is 0 Å². The number of aliphatic hydroxyl groups excluding tert-OH is 1. The van der Waals surface area contributed by atoms with Gasteiger partial charge in [-0.25, -0.2) is 0 Å². The zero-order valence-electron chi connectivity index (χ0n) is 9.60. The van der Waals surface area contributed by atoms with Crippen molar-refractivity contribution in [1.29, 1.82) is 0 Å². The van der Waals surface area contributed by atoms with Gasteiger partial charge >= 0.3 is 0 Å². The number of hydrogen-bond acceptors (Lipinski definition) is 2. The largest absolute Gasteiger partial charge is 0.378 e. The summed E-state index contributed by atoms with van der Waals surface area (Å²) in [4.78, 5) is 13.8. The van der Waals surface area contributed by atoms with Gasteiger partial charge in [-0.3, -0.25) is 4.79 Å². The lowest BCUT2D eigenvalue weighted by Crippen LogP contribution is -2.38. The highest BCUT2D eigenvalue weighted by atomic mass is 35.5. The van der Waals surface area contributed by atoms with Crippen LogP contribution in [-0.4, -0.2) is 29.0 Å². The van der Waals surface area contributed by atoms with E-state index in [1.54, 1.807) is 29.2 Å². The van der Waals surface area contributed by atoms with Crippen LogP contribution in [0.3, 0.4) is 0 Å². The van der Waals surface area contributed by atoms with Crippen molar-refractivity contribution in [3.63, 3.8) is 0 Å². The van der Waals surface area contributed by atoms with Gasteiger partial charge in [-0.1, -0.05) is 23.7 Å². The summed E-state index contributed by atoms with van der Waals surface area (Å²) in [6.45, 7) is 1.51. The molecule has 1 amide bonds. The van der Waals surface area contributed by atoms with Gasteiger partial charge in [0.25, 0.3) is 5.91 Å². The molecule has 1 N–H and O–H groups in total. The fraction of sp³-hybridized carbons (Fsp3) is 0.462. The number of likely N-dealkylation sites (tertiary alicyclic amines) is 1. The van der Waals surface area contributed by atoms with Crippen molar-refractivity contribution in [2.45, 2.75) is 25.4 Å². The van der Waals surface area contributed by atoms with Gasteiger partial charge in [-0.2, -0.15) is 0 Å². The average Bonchev–Trinajstić information content (AvgIpc) is 2.39. The zero-order chi connectivity index (χ0) is 12.3. The molecule has 0 bridgehead atoms. The van der Waals surface area contributed by atoms with E-state index < -0.39 is 6.10 Å². The second-order valence-electron chi connectivity index (χ2n) is 4.34. The number of carbonyl (C=O) groups excluding carboxylic acids is 1. The molecule has 0 spiro atoms. The molecule has 1 heterocycles. The topological polar surface area (TPSA) is 40.5 Å². The number of rotatable bonds is 2. The van der Waals surface area contributed by atoms with Crippen LogP contribution in [0.1, 0.15) is 30.9 Å². The number of nitrogens with zero attached hydrogens (tertiary/aromatic N) is 1. The normalized spacial score (nSPS) is 17.9. The number of carbonyl (C=O) groups is 1. The van der Waals surface area contributed by atoms with Gasteiger partial charge in [0.2, 0.25) is 0 Å². The summed E-state index contributed by atoms with van der Waals surface area (Å²) in [5.74, 6) is -0.202. The fourth-order valence-corrected chi connectivity index (χ4v) is 2.20. The molecule has 0 radical (unpaired) electrons. The first-order valence-electron chi connectivity index (χ1n) is 5.91. The Labute approximate surface area is 106 Å². The third kappa shape index (κ3) is 2.99. The number of benzene rings is 1. The van der Waals surface area contributed by atoms with Crippen LogP contribution in [-0.2, 0) is 4.79 Å². The Morgan fingerprint density at radius 1 is 1.18 bits per heavy atom. The third-order valence-electron chi connectivity index (χ3n) is 3.09. The van der Waals surface area contributed by atoms with Crippen LogP contribution in [0.2, 0.25) is 5.02 Å². The van der Waals surface area contributed by atoms with Gasteiger partial charge in [-0.05, 0) is 37.0 Å². The van der Waals surface area contributed by atoms with E-state index in [2.05, 4.69) is 0 Å². The zero-order valence-corrected chi connectivity index (χ0v) is 10.4. The minimum Gasteiger partial charge on any atom is -0.378 e. The van der Waals surface area contributed by atoms with Crippen LogP contribution in [0.15, 0.2) is 24.3 Å². The van der Waals surface area contributed by atoms with Crippen molar-refractivity contribution in [2.75, 3.05) is 13.1 Å². The molecular weight excluding hydrogens is 238 g/mol. The highest BCUT2D eigenvalue weighted by Gasteiger charge is 2.24. The van der Waals surface area contributed by atoms with E-state index in [9.17, 15) is 9.90 Å². The number of aliphatic hydroxyl groups is 1. The molecule has 1 aliphatic rings. The molecule has 1 aliphatic heterocycles. The molecule has 3 nitrogen and oxygen atoms in total. The van der Waals surface area contributed by atoms with Crippen molar-refractivity contribution in [2.24, 2.45) is 0 Å². The lowest BCUT2D eigenvalue weighted by atomic mass is 10.1. The van der Waals surface area contributed by atoms with Gasteiger partial charge in [0.1, 0.15) is 0 Å². The maximum atomic E-state index is 12.0. The summed E-state index contributed by atoms with van der Waals surface area (Å²) in [6, 6.07) is 6.75. The number of piperidine rings is 1. The third-order valence-corrected chi connectivity index (χ3v) is 3.34. The maximum Gasteiger partial charge on any atom is 0.256 e. The standard InChI is InChI=1S/C13H16ClNO2/c14-11-6-4-10(5-7-11)12(16)13(17)15-8-2-1-3-9-15/h4-7,12,16H,1-3,8-9H2. The van der Waals surface area contributed by atoms with E-state index in [0.29, 0.717) is 10.6 Å². The summed E-state index contributed by atoms with van der Waals surface area (Å²) in [5.41, 5.74) is 0.602. The minimum atomic E-state index is -1.06. The van der Waals surface area contributed by atoms with Crippen LogP contribution in [0.25, 0.3) is 0 Å². The minimum absolute atomic E-state index is 0.202. The van der Waals surface area contributed by atoms with Crippen molar-refractivity contribution in [3.8, 4) is 0 Å². The molecule has 1 atom stereocenters. The average molecular weight is 254 g/mol. The Morgan fingerprint density at radius 2 is 1.76 bits per heavy atom. The van der Waals surface area contributed by atoms with Crippen molar-refractivity contribution in [3.05, 3.63) is 34.9 Å². The Balaban J connectivity index is 2.05. The Hall–Kier alpha value is -1.06. The first-order chi connectivity index (χ1) is 8.18. The molecule has 1 saturated heterocycles. The lowest BCUT2D eigenvalue weighted by molar-refractivity contribution is -0.141. The van der Waals surface area contributed by atoms with Crippen LogP contribution in [0.4, 0.5) is 0 Å². The summed E-state index contributed by atoms with van der Waals surface area (Å²) in [5, 5.41) is 10.6. The predicted molar refractivity (Wildman–Crippen MR) is 66.8 cm³/mol. The molecular formula is C13H16ClNO2. The quantitative estimate of drug-likeness (QED) is 0.879. The maximum absolute atomic E-state index is 12.0. The summed E-state index contributed by atoms with van der Waals surface area (Å²) in [6.07, 6.45) is 2.16. The predicted octanol–water partition coefficient (Wildman–Crippen LogP) is 2.39. The summed E-state index contributed by atoms with van der Waals surface area (Å²) >= 11 is 5.77. The van der Waals surface area contributed by atoms with Crippen molar-refractivity contribution >= 4 is 17.5 Å². The highest BCUT2D eigenvalue weighted by Crippen LogP contribution is 2.20. The SMILES string of the molecule is O=C(C(O)c1ccc(Cl)cc1)N1CCCCC1. The smallest absolute Gasteiger partial charge is 0.256 e. The summed E-state index contributed by atoms with van der Waals surface area (Å²) in [7, 11) is 0.